The fourth-order valence-corrected chi connectivity index (χ4v) is 4.06. The van der Waals surface area contributed by atoms with Gasteiger partial charge in [0.1, 0.15) is 5.54 Å². The fourth-order valence-electron chi connectivity index (χ4n) is 4.06. The van der Waals surface area contributed by atoms with Crippen LogP contribution in [0.1, 0.15) is 59.3 Å². The number of anilines is 2. The molecule has 23 heavy (non-hydrogen) atoms. The van der Waals surface area contributed by atoms with Crippen LogP contribution in [0.4, 0.5) is 11.4 Å². The lowest BCUT2D eigenvalue weighted by Gasteiger charge is -2.36. The lowest BCUT2D eigenvalue weighted by molar-refractivity contribution is -0.126. The highest BCUT2D eigenvalue weighted by Gasteiger charge is 2.42. The topological polar surface area (TPSA) is 53.2 Å². The monoisotopic (exact) mass is 315 g/mol. The van der Waals surface area contributed by atoms with E-state index in [2.05, 4.69) is 35.9 Å². The molecular formula is C19H29N3O. The molecule has 1 heterocycles. The van der Waals surface area contributed by atoms with Gasteiger partial charge in [0.25, 0.3) is 0 Å². The molecule has 0 spiro atoms. The van der Waals surface area contributed by atoms with Crippen LogP contribution in [-0.2, 0) is 4.79 Å². The zero-order valence-electron chi connectivity index (χ0n) is 14.5. The van der Waals surface area contributed by atoms with Crippen LogP contribution in [0.2, 0.25) is 0 Å². The van der Waals surface area contributed by atoms with E-state index in [9.17, 15) is 4.79 Å². The summed E-state index contributed by atoms with van der Waals surface area (Å²) in [6.45, 7) is 6.34. The second-order valence-electron chi connectivity index (χ2n) is 8.00. The van der Waals surface area contributed by atoms with E-state index in [1.165, 1.54) is 19.3 Å². The molecule has 0 saturated heterocycles. The Morgan fingerprint density at radius 2 is 1.65 bits per heavy atom. The molecule has 1 amide bonds. The predicted octanol–water partition coefficient (Wildman–Crippen LogP) is 3.90. The van der Waals surface area contributed by atoms with Crippen LogP contribution >= 0.6 is 0 Å². The largest absolute Gasteiger partial charge is 0.378 e. The van der Waals surface area contributed by atoms with Crippen LogP contribution in [0.3, 0.4) is 0 Å². The van der Waals surface area contributed by atoms with Gasteiger partial charge in [-0.1, -0.05) is 31.4 Å². The summed E-state index contributed by atoms with van der Waals surface area (Å²) in [5.74, 6) is 0.121. The van der Waals surface area contributed by atoms with Crippen molar-refractivity contribution < 1.29 is 4.79 Å². The van der Waals surface area contributed by atoms with Gasteiger partial charge >= 0.3 is 0 Å². The van der Waals surface area contributed by atoms with Gasteiger partial charge in [0, 0.05) is 18.0 Å². The Labute approximate surface area is 139 Å². The Morgan fingerprint density at radius 3 is 2.30 bits per heavy atom. The number of hydrogen-bond acceptors (Lipinski definition) is 3. The van der Waals surface area contributed by atoms with E-state index in [0.717, 1.165) is 30.6 Å². The molecule has 1 unspecified atom stereocenters. The third kappa shape index (κ3) is 3.62. The summed E-state index contributed by atoms with van der Waals surface area (Å²) in [6, 6.07) is 8.47. The molecule has 2 aliphatic rings. The normalized spacial score (nSPS) is 27.1. The molecule has 0 bridgehead atoms. The van der Waals surface area contributed by atoms with Crippen LogP contribution < -0.4 is 16.0 Å². The first-order valence-corrected chi connectivity index (χ1v) is 8.84. The number of hydrogen-bond donors (Lipinski definition) is 3. The third-order valence-corrected chi connectivity index (χ3v) is 5.05. The molecule has 4 nitrogen and oxygen atoms in total. The first-order valence-electron chi connectivity index (χ1n) is 8.84. The number of carbonyl (C=O) groups is 1. The SMILES string of the molecule is CC1(C)CC(C)(C(=O)NC2CCCCC2)Nc2ccccc2N1. The van der Waals surface area contributed by atoms with Crippen molar-refractivity contribution >= 4 is 17.3 Å². The van der Waals surface area contributed by atoms with Crippen molar-refractivity contribution in [3.05, 3.63) is 24.3 Å². The number of fused-ring (bicyclic) bond motifs is 1. The van der Waals surface area contributed by atoms with Gasteiger partial charge in [0.15, 0.2) is 0 Å². The molecule has 1 saturated carbocycles. The number of amides is 1. The fraction of sp³-hybridized carbons (Fsp3) is 0.632. The molecule has 3 N–H and O–H groups in total. The van der Waals surface area contributed by atoms with Gasteiger partial charge in [0.2, 0.25) is 5.91 Å². The molecule has 1 fully saturated rings. The van der Waals surface area contributed by atoms with Crippen molar-refractivity contribution in [2.75, 3.05) is 10.6 Å². The summed E-state index contributed by atoms with van der Waals surface area (Å²) in [7, 11) is 0. The standard InChI is InChI=1S/C19H29N3O/c1-18(2)13-19(3,17(23)20-14-9-5-4-6-10-14)22-16-12-8-7-11-15(16)21-18/h7-8,11-12,14,21-22H,4-6,9-10,13H2,1-3H3,(H,20,23). The lowest BCUT2D eigenvalue weighted by Crippen LogP contribution is -2.56. The molecule has 0 radical (unpaired) electrons. The second-order valence-corrected chi connectivity index (χ2v) is 8.00. The van der Waals surface area contributed by atoms with E-state index in [1.807, 2.05) is 25.1 Å². The molecule has 1 atom stereocenters. The zero-order chi connectivity index (χ0) is 16.5. The van der Waals surface area contributed by atoms with E-state index in [-0.39, 0.29) is 11.4 Å². The van der Waals surface area contributed by atoms with Crippen molar-refractivity contribution in [3.63, 3.8) is 0 Å². The van der Waals surface area contributed by atoms with Crippen LogP contribution in [0.15, 0.2) is 24.3 Å². The van der Waals surface area contributed by atoms with Gasteiger partial charge in [-0.2, -0.15) is 0 Å². The van der Waals surface area contributed by atoms with Crippen LogP contribution in [-0.4, -0.2) is 23.0 Å². The third-order valence-electron chi connectivity index (χ3n) is 5.05. The number of para-hydroxylation sites is 2. The number of nitrogens with one attached hydrogen (secondary N) is 3. The van der Waals surface area contributed by atoms with Gasteiger partial charge in [0.05, 0.1) is 11.4 Å². The van der Waals surface area contributed by atoms with Crippen molar-refractivity contribution in [2.45, 2.75) is 76.4 Å². The van der Waals surface area contributed by atoms with Crippen molar-refractivity contribution in [2.24, 2.45) is 0 Å². The summed E-state index contributed by atoms with van der Waals surface area (Å²) in [5, 5.41) is 10.4. The van der Waals surface area contributed by atoms with Crippen molar-refractivity contribution in [3.8, 4) is 0 Å². The van der Waals surface area contributed by atoms with Crippen LogP contribution in [0, 0.1) is 0 Å². The average Bonchev–Trinajstić information content (AvgIpc) is 2.60. The van der Waals surface area contributed by atoms with Gasteiger partial charge in [-0.15, -0.1) is 0 Å². The molecule has 1 aromatic rings. The zero-order valence-corrected chi connectivity index (χ0v) is 14.5. The number of carbonyl (C=O) groups excluding carboxylic acids is 1. The minimum atomic E-state index is -0.611. The van der Waals surface area contributed by atoms with E-state index in [4.69, 9.17) is 0 Å². The molecule has 1 aliphatic carbocycles. The molecule has 126 valence electrons. The molecule has 0 aromatic heterocycles. The molecular weight excluding hydrogens is 286 g/mol. The maximum atomic E-state index is 13.0. The lowest BCUT2D eigenvalue weighted by atomic mass is 9.84. The van der Waals surface area contributed by atoms with E-state index < -0.39 is 5.54 Å². The van der Waals surface area contributed by atoms with Gasteiger partial charge in [-0.25, -0.2) is 0 Å². The summed E-state index contributed by atoms with van der Waals surface area (Å²) in [4.78, 5) is 13.0. The highest BCUT2D eigenvalue weighted by Crippen LogP contribution is 2.36. The maximum Gasteiger partial charge on any atom is 0.245 e. The molecule has 1 aromatic carbocycles. The highest BCUT2D eigenvalue weighted by molar-refractivity contribution is 5.91. The van der Waals surface area contributed by atoms with Crippen molar-refractivity contribution in [1.29, 1.82) is 0 Å². The van der Waals surface area contributed by atoms with Crippen molar-refractivity contribution in [1.82, 2.24) is 5.32 Å². The highest BCUT2D eigenvalue weighted by atomic mass is 16.2. The molecule has 1 aliphatic heterocycles. The maximum absolute atomic E-state index is 13.0. The van der Waals surface area contributed by atoms with E-state index in [0.29, 0.717) is 6.04 Å². The summed E-state index contributed by atoms with van der Waals surface area (Å²) >= 11 is 0. The van der Waals surface area contributed by atoms with Crippen LogP contribution in [0.5, 0.6) is 0 Å². The first kappa shape index (κ1) is 16.2. The van der Waals surface area contributed by atoms with Crippen LogP contribution in [0.25, 0.3) is 0 Å². The summed E-state index contributed by atoms with van der Waals surface area (Å²) in [6.07, 6.45) is 6.70. The minimum absolute atomic E-state index is 0.121. The Bertz CT molecular complexity index is 578. The summed E-state index contributed by atoms with van der Waals surface area (Å²) in [5.41, 5.74) is 1.30. The average molecular weight is 315 g/mol. The molecule has 3 rings (SSSR count). The Morgan fingerprint density at radius 1 is 1.04 bits per heavy atom. The smallest absolute Gasteiger partial charge is 0.245 e. The Balaban J connectivity index is 1.82. The Hall–Kier alpha value is -1.71. The summed E-state index contributed by atoms with van der Waals surface area (Å²) < 4.78 is 0. The molecule has 4 heteroatoms. The predicted molar refractivity (Wildman–Crippen MR) is 95.8 cm³/mol. The first-order chi connectivity index (χ1) is 10.9. The minimum Gasteiger partial charge on any atom is -0.378 e. The number of benzene rings is 1. The van der Waals surface area contributed by atoms with E-state index in [1.54, 1.807) is 0 Å². The Kier molecular flexibility index (Phi) is 4.26. The number of rotatable bonds is 2. The van der Waals surface area contributed by atoms with Gasteiger partial charge < -0.3 is 16.0 Å². The second kappa shape index (κ2) is 6.06. The van der Waals surface area contributed by atoms with E-state index >= 15 is 0 Å². The quantitative estimate of drug-likeness (QED) is 0.776. The van der Waals surface area contributed by atoms with Gasteiger partial charge in [-0.3, -0.25) is 4.79 Å². The van der Waals surface area contributed by atoms with Gasteiger partial charge in [-0.05, 0) is 45.7 Å².